The average Bonchev–Trinajstić information content (AvgIpc) is 2.76. The zero-order valence-corrected chi connectivity index (χ0v) is 23.5. The topological polar surface area (TPSA) is 216 Å². The van der Waals surface area contributed by atoms with Crippen molar-refractivity contribution in [1.29, 1.82) is 0 Å². The molecule has 0 saturated heterocycles. The standard InChI is InChI=1S/C20H22N8O5.2Na/c1-28(9-11-8-23-17-15(24-11)16(21)26-20(22)27-17)12-4-2-10(3-5-12)18(31)25-13(19(32)33)6-7-14(29)30;;/h2-5,8,13H,6-7,9H2,1H3,(H,25,31)(H,29,30)(H,32,33)(H4,21,22,23,26,27);;/q;2*+1/p-2/t13-;;/m1../s1. The molecule has 2 heterocycles. The molecule has 0 aliphatic rings. The molecule has 3 aromatic rings. The third-order valence-corrected chi connectivity index (χ3v) is 4.70. The van der Waals surface area contributed by atoms with Gasteiger partial charge in [0.05, 0.1) is 30.4 Å². The summed E-state index contributed by atoms with van der Waals surface area (Å²) in [7, 11) is 1.80. The average molecular weight is 498 g/mol. The van der Waals surface area contributed by atoms with Crippen molar-refractivity contribution in [2.24, 2.45) is 0 Å². The summed E-state index contributed by atoms with van der Waals surface area (Å²) in [5.41, 5.74) is 13.6. The number of carbonyl (C=O) groups excluding carboxylic acids is 3. The van der Waals surface area contributed by atoms with Crippen LogP contribution in [0.3, 0.4) is 0 Å². The molecule has 0 aliphatic heterocycles. The Morgan fingerprint density at radius 1 is 1.06 bits per heavy atom. The van der Waals surface area contributed by atoms with E-state index >= 15 is 0 Å². The molecule has 13 nitrogen and oxygen atoms in total. The summed E-state index contributed by atoms with van der Waals surface area (Å²) < 4.78 is 0. The summed E-state index contributed by atoms with van der Waals surface area (Å²) in [6.07, 6.45) is 0.677. The normalized spacial score (nSPS) is 11.0. The molecule has 1 atom stereocenters. The van der Waals surface area contributed by atoms with E-state index in [4.69, 9.17) is 11.5 Å². The van der Waals surface area contributed by atoms with Crippen LogP contribution in [0.5, 0.6) is 0 Å². The molecule has 0 spiro atoms. The van der Waals surface area contributed by atoms with E-state index in [1.807, 2.05) is 4.90 Å². The van der Waals surface area contributed by atoms with E-state index in [9.17, 15) is 24.6 Å². The molecule has 0 fully saturated rings. The number of carboxylic acids is 2. The van der Waals surface area contributed by atoms with Crippen molar-refractivity contribution in [2.75, 3.05) is 23.4 Å². The number of anilines is 3. The number of benzene rings is 1. The first-order valence-electron chi connectivity index (χ1n) is 9.71. The van der Waals surface area contributed by atoms with E-state index in [0.717, 1.165) is 5.69 Å². The predicted octanol–water partition coefficient (Wildman–Crippen LogP) is -8.39. The number of nitrogens with one attached hydrogen (secondary N) is 1. The van der Waals surface area contributed by atoms with Crippen LogP contribution in [-0.4, -0.2) is 50.9 Å². The van der Waals surface area contributed by atoms with Crippen LogP contribution in [0.25, 0.3) is 11.2 Å². The van der Waals surface area contributed by atoms with Gasteiger partial charge in [-0.05, 0) is 37.1 Å². The molecule has 2 aromatic heterocycles. The number of carboxylic acid groups (broad SMARTS) is 2. The van der Waals surface area contributed by atoms with Gasteiger partial charge < -0.3 is 41.5 Å². The molecule has 0 radical (unpaired) electrons. The minimum atomic E-state index is -1.58. The van der Waals surface area contributed by atoms with Gasteiger partial charge in [-0.25, -0.2) is 9.97 Å². The van der Waals surface area contributed by atoms with Crippen molar-refractivity contribution in [3.8, 4) is 0 Å². The van der Waals surface area contributed by atoms with Crippen LogP contribution in [0, 0.1) is 0 Å². The molecule has 3 rings (SSSR count). The number of nitrogen functional groups attached to an aromatic ring is 2. The Hall–Kier alpha value is -2.55. The fourth-order valence-electron chi connectivity index (χ4n) is 3.01. The Morgan fingerprint density at radius 3 is 2.31 bits per heavy atom. The molecule has 15 heteroatoms. The number of fused-ring (bicyclic) bond motifs is 1. The maximum Gasteiger partial charge on any atom is 1.00 e. The van der Waals surface area contributed by atoms with Crippen molar-refractivity contribution < 1.29 is 83.7 Å². The fraction of sp³-hybridized carbons (Fsp3) is 0.250. The monoisotopic (exact) mass is 498 g/mol. The maximum absolute atomic E-state index is 12.3. The van der Waals surface area contributed by atoms with Gasteiger partial charge in [-0.15, -0.1) is 0 Å². The largest absolute Gasteiger partial charge is 1.00 e. The zero-order chi connectivity index (χ0) is 24.1. The number of rotatable bonds is 9. The van der Waals surface area contributed by atoms with E-state index in [1.54, 1.807) is 25.4 Å². The Balaban J connectivity index is 0.00000306. The number of aliphatic carboxylic acids is 2. The Morgan fingerprint density at radius 2 is 1.71 bits per heavy atom. The molecule has 1 amide bonds. The number of nitrogens with two attached hydrogens (primary N) is 2. The minimum Gasteiger partial charge on any atom is -0.550 e. The first-order chi connectivity index (χ1) is 15.6. The Bertz CT molecular complexity index is 1210. The minimum absolute atomic E-state index is 0. The van der Waals surface area contributed by atoms with E-state index in [-0.39, 0.29) is 88.5 Å². The second-order valence-corrected chi connectivity index (χ2v) is 7.16. The van der Waals surface area contributed by atoms with Gasteiger partial charge in [0.2, 0.25) is 5.95 Å². The molecular weight excluding hydrogens is 478 g/mol. The molecule has 172 valence electrons. The first kappa shape index (κ1) is 30.5. The van der Waals surface area contributed by atoms with Crippen LogP contribution >= 0.6 is 0 Å². The summed E-state index contributed by atoms with van der Waals surface area (Å²) in [4.78, 5) is 52.3. The van der Waals surface area contributed by atoms with Gasteiger partial charge in [0.1, 0.15) is 0 Å². The molecule has 0 saturated carbocycles. The van der Waals surface area contributed by atoms with Crippen molar-refractivity contribution in [1.82, 2.24) is 25.3 Å². The third-order valence-electron chi connectivity index (χ3n) is 4.70. The van der Waals surface area contributed by atoms with Gasteiger partial charge in [-0.2, -0.15) is 9.97 Å². The summed E-state index contributed by atoms with van der Waals surface area (Å²) in [5.74, 6) is -3.54. The zero-order valence-electron chi connectivity index (χ0n) is 19.5. The van der Waals surface area contributed by atoms with Crippen molar-refractivity contribution in [2.45, 2.75) is 25.4 Å². The number of carbonyl (C=O) groups is 3. The van der Waals surface area contributed by atoms with Gasteiger partial charge in [0.25, 0.3) is 5.91 Å². The molecule has 1 aromatic carbocycles. The summed E-state index contributed by atoms with van der Waals surface area (Å²) in [5, 5.41) is 23.9. The summed E-state index contributed by atoms with van der Waals surface area (Å²) in [6, 6.07) is 4.89. The molecule has 0 aliphatic carbocycles. The fourth-order valence-corrected chi connectivity index (χ4v) is 3.01. The molecular formula is C20H20N8Na2O5. The Labute approximate surface area is 244 Å². The molecule has 5 N–H and O–H groups in total. The van der Waals surface area contributed by atoms with Crippen molar-refractivity contribution in [3.05, 3.63) is 41.7 Å². The van der Waals surface area contributed by atoms with Gasteiger partial charge >= 0.3 is 59.1 Å². The van der Waals surface area contributed by atoms with E-state index in [0.29, 0.717) is 17.8 Å². The van der Waals surface area contributed by atoms with Crippen LogP contribution in [0.15, 0.2) is 30.5 Å². The molecule has 35 heavy (non-hydrogen) atoms. The van der Waals surface area contributed by atoms with Gasteiger partial charge in [0, 0.05) is 24.3 Å². The van der Waals surface area contributed by atoms with E-state index < -0.39 is 30.3 Å². The quantitative estimate of drug-likeness (QED) is 0.234. The van der Waals surface area contributed by atoms with Gasteiger partial charge in [0.15, 0.2) is 17.0 Å². The van der Waals surface area contributed by atoms with Crippen LogP contribution in [-0.2, 0) is 16.1 Å². The number of aromatic nitrogens is 4. The second-order valence-electron chi connectivity index (χ2n) is 7.16. The van der Waals surface area contributed by atoms with Crippen molar-refractivity contribution >= 4 is 46.5 Å². The SMILES string of the molecule is CN(Cc1cnc2nc(N)nc(N)c2n1)c1ccc(C(=O)N[C@H](CCC(=O)[O-])C(=O)[O-])cc1.[Na+].[Na+]. The summed E-state index contributed by atoms with van der Waals surface area (Å²) in [6.45, 7) is 0.355. The maximum atomic E-state index is 12.3. The molecule has 0 bridgehead atoms. The smallest absolute Gasteiger partial charge is 0.550 e. The van der Waals surface area contributed by atoms with Crippen LogP contribution in [0.1, 0.15) is 28.9 Å². The number of hydrogen-bond donors (Lipinski definition) is 3. The van der Waals surface area contributed by atoms with Crippen LogP contribution < -0.4 is 91.0 Å². The second kappa shape index (κ2) is 13.5. The summed E-state index contributed by atoms with van der Waals surface area (Å²) >= 11 is 0. The third kappa shape index (κ3) is 8.26. The number of hydrogen-bond acceptors (Lipinski definition) is 12. The Kier molecular flexibility index (Phi) is 11.8. The van der Waals surface area contributed by atoms with Crippen LogP contribution in [0.2, 0.25) is 0 Å². The van der Waals surface area contributed by atoms with E-state index in [2.05, 4.69) is 25.3 Å². The van der Waals surface area contributed by atoms with Gasteiger partial charge in [-0.1, -0.05) is 0 Å². The van der Waals surface area contributed by atoms with Crippen LogP contribution in [0.4, 0.5) is 17.5 Å². The van der Waals surface area contributed by atoms with Crippen molar-refractivity contribution in [3.63, 3.8) is 0 Å². The number of nitrogens with zero attached hydrogens (tertiary/aromatic N) is 5. The number of amides is 1. The van der Waals surface area contributed by atoms with E-state index in [1.165, 1.54) is 12.1 Å². The first-order valence-corrected chi connectivity index (χ1v) is 9.71. The molecule has 0 unspecified atom stereocenters. The van der Waals surface area contributed by atoms with Gasteiger partial charge in [-0.3, -0.25) is 4.79 Å². The predicted molar refractivity (Wildman–Crippen MR) is 113 cm³/mol.